The maximum Gasteiger partial charge on any atom is 0.225 e. The fraction of sp³-hybridized carbons (Fsp3) is 0.529. The molecular formula is C17H23ClN2O2. The number of carbonyl (C=O) groups excluding carboxylic acids is 2. The molecule has 2 atom stereocenters. The van der Waals surface area contributed by atoms with Crippen molar-refractivity contribution < 1.29 is 9.59 Å². The molecule has 1 heterocycles. The highest BCUT2D eigenvalue weighted by Gasteiger charge is 2.40. The van der Waals surface area contributed by atoms with E-state index < -0.39 is 0 Å². The van der Waals surface area contributed by atoms with Gasteiger partial charge in [-0.05, 0) is 44.9 Å². The normalized spacial score (nSPS) is 22.0. The van der Waals surface area contributed by atoms with Crippen molar-refractivity contribution in [2.24, 2.45) is 5.92 Å². The van der Waals surface area contributed by atoms with Crippen LogP contribution >= 0.6 is 11.6 Å². The molecule has 0 aliphatic carbocycles. The molecule has 120 valence electrons. The van der Waals surface area contributed by atoms with E-state index in [1.165, 1.54) is 0 Å². The van der Waals surface area contributed by atoms with Crippen molar-refractivity contribution in [1.29, 1.82) is 0 Å². The molecule has 0 saturated carbocycles. The zero-order valence-electron chi connectivity index (χ0n) is 13.3. The Labute approximate surface area is 136 Å². The number of piperidine rings is 1. The monoisotopic (exact) mass is 322 g/mol. The molecule has 1 aromatic rings. The summed E-state index contributed by atoms with van der Waals surface area (Å²) in [5.41, 5.74) is 0.923. The Morgan fingerprint density at radius 2 is 2.18 bits per heavy atom. The number of rotatable bonds is 4. The third-order valence-electron chi connectivity index (χ3n) is 4.01. The maximum atomic E-state index is 12.6. The van der Waals surface area contributed by atoms with E-state index >= 15 is 0 Å². The van der Waals surface area contributed by atoms with Crippen molar-refractivity contribution >= 4 is 23.4 Å². The van der Waals surface area contributed by atoms with Crippen LogP contribution in [0.3, 0.4) is 0 Å². The molecule has 22 heavy (non-hydrogen) atoms. The molecule has 0 bridgehead atoms. The number of hydrogen-bond donors (Lipinski definition) is 1. The Morgan fingerprint density at radius 1 is 1.45 bits per heavy atom. The van der Waals surface area contributed by atoms with E-state index in [9.17, 15) is 9.59 Å². The summed E-state index contributed by atoms with van der Waals surface area (Å²) in [6.45, 7) is 6.41. The molecule has 0 aromatic heterocycles. The van der Waals surface area contributed by atoms with Crippen LogP contribution in [-0.4, -0.2) is 29.3 Å². The lowest BCUT2D eigenvalue weighted by atomic mass is 9.83. The molecule has 2 rings (SSSR count). The van der Waals surface area contributed by atoms with Crippen molar-refractivity contribution in [2.45, 2.75) is 45.7 Å². The van der Waals surface area contributed by atoms with Gasteiger partial charge in [-0.1, -0.05) is 23.7 Å². The molecule has 1 N–H and O–H groups in total. The third kappa shape index (κ3) is 3.61. The molecule has 1 fully saturated rings. The summed E-state index contributed by atoms with van der Waals surface area (Å²) in [5.74, 6) is -0.134. The molecule has 0 unspecified atom stereocenters. The standard InChI is InChI=1S/C17H23ClN2O2/c1-4-20-15(21)9-8-14(17(22)19-11(2)3)16(20)12-6-5-7-13(18)10-12/h5-7,10-11,14,16H,4,8-9H2,1-3H3,(H,19,22)/t14-,16+/m1/s1. The highest BCUT2D eigenvalue weighted by molar-refractivity contribution is 6.30. The first-order chi connectivity index (χ1) is 10.4. The SMILES string of the molecule is CCN1C(=O)CC[C@@H](C(=O)NC(C)C)[C@@H]1c1cccc(Cl)c1. The Morgan fingerprint density at radius 3 is 2.77 bits per heavy atom. The van der Waals surface area contributed by atoms with Gasteiger partial charge in [-0.25, -0.2) is 0 Å². The number of nitrogens with one attached hydrogen (secondary N) is 1. The summed E-state index contributed by atoms with van der Waals surface area (Å²) >= 11 is 6.10. The van der Waals surface area contributed by atoms with E-state index in [2.05, 4.69) is 5.32 Å². The summed E-state index contributed by atoms with van der Waals surface area (Å²) in [6, 6.07) is 7.29. The second-order valence-corrected chi connectivity index (χ2v) is 6.42. The first kappa shape index (κ1) is 16.8. The Bertz CT molecular complexity index is 559. The lowest BCUT2D eigenvalue weighted by Gasteiger charge is -2.40. The van der Waals surface area contributed by atoms with Crippen molar-refractivity contribution in [2.75, 3.05) is 6.54 Å². The smallest absolute Gasteiger partial charge is 0.225 e. The molecule has 1 aliphatic rings. The number of nitrogens with zero attached hydrogens (tertiary/aromatic N) is 1. The summed E-state index contributed by atoms with van der Waals surface area (Å²) in [7, 11) is 0. The minimum absolute atomic E-state index is 0.00549. The van der Waals surface area contributed by atoms with Crippen LogP contribution in [0.2, 0.25) is 5.02 Å². The zero-order valence-corrected chi connectivity index (χ0v) is 14.1. The lowest BCUT2D eigenvalue weighted by molar-refractivity contribution is -0.143. The minimum atomic E-state index is -0.247. The van der Waals surface area contributed by atoms with Crippen LogP contribution in [0.15, 0.2) is 24.3 Å². The molecular weight excluding hydrogens is 300 g/mol. The van der Waals surface area contributed by atoms with Gasteiger partial charge in [-0.15, -0.1) is 0 Å². The predicted molar refractivity (Wildman–Crippen MR) is 87.6 cm³/mol. The zero-order chi connectivity index (χ0) is 16.3. The largest absolute Gasteiger partial charge is 0.354 e. The van der Waals surface area contributed by atoms with Gasteiger partial charge in [0.25, 0.3) is 0 Å². The number of amides is 2. The van der Waals surface area contributed by atoms with Gasteiger partial charge in [0.15, 0.2) is 0 Å². The average Bonchev–Trinajstić information content (AvgIpc) is 2.46. The quantitative estimate of drug-likeness (QED) is 0.925. The maximum absolute atomic E-state index is 12.6. The second-order valence-electron chi connectivity index (χ2n) is 5.99. The first-order valence-electron chi connectivity index (χ1n) is 7.79. The van der Waals surface area contributed by atoms with Crippen molar-refractivity contribution in [3.8, 4) is 0 Å². The Hall–Kier alpha value is -1.55. The number of hydrogen-bond acceptors (Lipinski definition) is 2. The predicted octanol–water partition coefficient (Wildman–Crippen LogP) is 3.16. The number of halogens is 1. The number of benzene rings is 1. The Balaban J connectivity index is 2.38. The minimum Gasteiger partial charge on any atom is -0.354 e. The van der Waals surface area contributed by atoms with Gasteiger partial charge in [-0.2, -0.15) is 0 Å². The second kappa shape index (κ2) is 7.14. The van der Waals surface area contributed by atoms with Crippen molar-refractivity contribution in [1.82, 2.24) is 10.2 Å². The first-order valence-corrected chi connectivity index (χ1v) is 8.17. The lowest BCUT2D eigenvalue weighted by Crippen LogP contribution is -2.49. The molecule has 0 radical (unpaired) electrons. The fourth-order valence-electron chi connectivity index (χ4n) is 3.09. The van der Waals surface area contributed by atoms with Crippen molar-refractivity contribution in [3.63, 3.8) is 0 Å². The highest BCUT2D eigenvalue weighted by Crippen LogP contribution is 2.37. The number of carbonyl (C=O) groups is 2. The van der Waals surface area contributed by atoms with Gasteiger partial charge < -0.3 is 10.2 Å². The highest BCUT2D eigenvalue weighted by atomic mass is 35.5. The fourth-order valence-corrected chi connectivity index (χ4v) is 3.29. The molecule has 5 heteroatoms. The molecule has 2 amide bonds. The number of likely N-dealkylation sites (tertiary alicyclic amines) is 1. The topological polar surface area (TPSA) is 49.4 Å². The summed E-state index contributed by atoms with van der Waals surface area (Å²) in [5, 5.41) is 3.60. The van der Waals surface area contributed by atoms with Gasteiger partial charge >= 0.3 is 0 Å². The van der Waals surface area contributed by atoms with Crippen LogP contribution in [0.4, 0.5) is 0 Å². The molecule has 4 nitrogen and oxygen atoms in total. The molecule has 1 saturated heterocycles. The van der Waals surface area contributed by atoms with E-state index in [0.29, 0.717) is 24.4 Å². The third-order valence-corrected chi connectivity index (χ3v) is 4.24. The Kier molecular flexibility index (Phi) is 5.46. The summed E-state index contributed by atoms with van der Waals surface area (Å²) in [4.78, 5) is 26.6. The molecule has 0 spiro atoms. The van der Waals surface area contributed by atoms with E-state index in [4.69, 9.17) is 11.6 Å². The van der Waals surface area contributed by atoms with E-state index in [1.807, 2.05) is 39.0 Å². The van der Waals surface area contributed by atoms with Crippen LogP contribution in [0.1, 0.15) is 45.2 Å². The summed E-state index contributed by atoms with van der Waals surface area (Å²) in [6.07, 6.45) is 0.992. The van der Waals surface area contributed by atoms with E-state index in [1.54, 1.807) is 11.0 Å². The molecule has 1 aromatic carbocycles. The van der Waals surface area contributed by atoms with Crippen LogP contribution in [0.5, 0.6) is 0 Å². The van der Waals surface area contributed by atoms with Crippen LogP contribution in [0.25, 0.3) is 0 Å². The van der Waals surface area contributed by atoms with Crippen molar-refractivity contribution in [3.05, 3.63) is 34.9 Å². The molecule has 1 aliphatic heterocycles. The summed E-state index contributed by atoms with van der Waals surface area (Å²) < 4.78 is 0. The van der Waals surface area contributed by atoms with E-state index in [-0.39, 0.29) is 29.8 Å². The van der Waals surface area contributed by atoms with Crippen LogP contribution in [-0.2, 0) is 9.59 Å². The van der Waals surface area contributed by atoms with Crippen LogP contribution in [0, 0.1) is 5.92 Å². The average molecular weight is 323 g/mol. The van der Waals surface area contributed by atoms with E-state index in [0.717, 1.165) is 5.56 Å². The van der Waals surface area contributed by atoms with Gasteiger partial charge in [-0.3, -0.25) is 9.59 Å². The van der Waals surface area contributed by atoms with Gasteiger partial charge in [0.2, 0.25) is 11.8 Å². The van der Waals surface area contributed by atoms with Crippen LogP contribution < -0.4 is 5.32 Å². The van der Waals surface area contributed by atoms with Gasteiger partial charge in [0.1, 0.15) is 0 Å². The van der Waals surface area contributed by atoms with Gasteiger partial charge in [0, 0.05) is 24.0 Å². The van der Waals surface area contributed by atoms with Gasteiger partial charge in [0.05, 0.1) is 12.0 Å².